The highest BCUT2D eigenvalue weighted by atomic mass is 35.5. The molecule has 1 aromatic heterocycles. The van der Waals surface area contributed by atoms with Crippen molar-refractivity contribution in [3.8, 4) is 0 Å². The lowest BCUT2D eigenvalue weighted by Crippen LogP contribution is -2.13. The molecule has 4 nitrogen and oxygen atoms in total. The van der Waals surface area contributed by atoms with Crippen molar-refractivity contribution in [3.05, 3.63) is 45.1 Å². The van der Waals surface area contributed by atoms with Crippen LogP contribution in [0.25, 0.3) is 0 Å². The number of nitrogens with one attached hydrogen (secondary N) is 1. The molecule has 0 saturated heterocycles. The van der Waals surface area contributed by atoms with E-state index in [1.807, 2.05) is 0 Å². The van der Waals surface area contributed by atoms with Gasteiger partial charge in [0.25, 0.3) is 10.0 Å². The predicted molar refractivity (Wildman–Crippen MR) is 77.2 cm³/mol. The summed E-state index contributed by atoms with van der Waals surface area (Å²) in [5.74, 6) is 0. The van der Waals surface area contributed by atoms with Gasteiger partial charge >= 0.3 is 0 Å². The number of benzene rings is 1. The van der Waals surface area contributed by atoms with Gasteiger partial charge in [0.15, 0.2) is 0 Å². The Labute approximate surface area is 120 Å². The van der Waals surface area contributed by atoms with Crippen molar-refractivity contribution >= 4 is 38.6 Å². The number of aryl methyl sites for hydroxylation is 1. The minimum absolute atomic E-state index is 0.165. The van der Waals surface area contributed by atoms with Gasteiger partial charge in [-0.2, -0.15) is 0 Å². The Bertz CT molecular complexity index is 678. The van der Waals surface area contributed by atoms with E-state index in [0.29, 0.717) is 20.5 Å². The molecule has 2 aromatic rings. The van der Waals surface area contributed by atoms with E-state index in [2.05, 4.69) is 4.72 Å². The van der Waals surface area contributed by atoms with Gasteiger partial charge in [0.2, 0.25) is 0 Å². The van der Waals surface area contributed by atoms with Gasteiger partial charge in [0, 0.05) is 20.5 Å². The van der Waals surface area contributed by atoms with Gasteiger partial charge in [-0.3, -0.25) is 4.72 Å². The number of thiophene rings is 1. The number of aliphatic hydroxyl groups excluding tert-OH is 1. The highest BCUT2D eigenvalue weighted by molar-refractivity contribution is 7.93. The smallest absolute Gasteiger partial charge is 0.263 e. The fourth-order valence-electron chi connectivity index (χ4n) is 1.60. The normalized spacial score (nSPS) is 11.5. The quantitative estimate of drug-likeness (QED) is 0.911. The molecule has 2 N–H and O–H groups in total. The summed E-state index contributed by atoms with van der Waals surface area (Å²) in [6.45, 7) is 1.54. The Morgan fingerprint density at radius 2 is 1.95 bits per heavy atom. The third-order valence-electron chi connectivity index (χ3n) is 2.47. The standard InChI is InChI=1S/C12H12ClNO3S2/c1-8-12(6-11(7-15)18-8)19(16,17)14-10-4-2-9(13)3-5-10/h2-6,14-15H,7H2,1H3. The molecule has 0 fully saturated rings. The summed E-state index contributed by atoms with van der Waals surface area (Å²) >= 11 is 7.01. The average molecular weight is 318 g/mol. The number of hydrogen-bond donors (Lipinski definition) is 2. The molecule has 102 valence electrons. The number of hydrogen-bond acceptors (Lipinski definition) is 4. The van der Waals surface area contributed by atoms with Gasteiger partial charge in [0.05, 0.1) is 6.61 Å². The summed E-state index contributed by atoms with van der Waals surface area (Å²) in [6, 6.07) is 7.89. The Kier molecular flexibility index (Phi) is 4.15. The van der Waals surface area contributed by atoms with Crippen LogP contribution in [0, 0.1) is 6.92 Å². The second kappa shape index (κ2) is 5.50. The van der Waals surface area contributed by atoms with Crippen molar-refractivity contribution < 1.29 is 13.5 Å². The third kappa shape index (κ3) is 3.27. The molecule has 7 heteroatoms. The fourth-order valence-corrected chi connectivity index (χ4v) is 4.28. The minimum atomic E-state index is -3.64. The zero-order valence-electron chi connectivity index (χ0n) is 10.1. The lowest BCUT2D eigenvalue weighted by atomic mass is 10.3. The SMILES string of the molecule is Cc1sc(CO)cc1S(=O)(=O)Nc1ccc(Cl)cc1. The highest BCUT2D eigenvalue weighted by Gasteiger charge is 2.19. The largest absolute Gasteiger partial charge is 0.391 e. The maximum atomic E-state index is 12.2. The van der Waals surface area contributed by atoms with E-state index < -0.39 is 10.0 Å². The van der Waals surface area contributed by atoms with Gasteiger partial charge in [-0.05, 0) is 37.3 Å². The molecular formula is C12H12ClNO3S2. The van der Waals surface area contributed by atoms with Crippen LogP contribution in [0.4, 0.5) is 5.69 Å². The Balaban J connectivity index is 2.31. The third-order valence-corrected chi connectivity index (χ3v) is 5.39. The number of rotatable bonds is 4. The molecule has 0 bridgehead atoms. The number of sulfonamides is 1. The minimum Gasteiger partial charge on any atom is -0.391 e. The second-order valence-electron chi connectivity index (χ2n) is 3.90. The summed E-state index contributed by atoms with van der Waals surface area (Å²) in [4.78, 5) is 1.45. The molecule has 1 heterocycles. The van der Waals surface area contributed by atoms with Crippen LogP contribution in [0.3, 0.4) is 0 Å². The number of aliphatic hydroxyl groups is 1. The molecular weight excluding hydrogens is 306 g/mol. The Hall–Kier alpha value is -1.08. The van der Waals surface area contributed by atoms with Crippen molar-refractivity contribution in [3.63, 3.8) is 0 Å². The fraction of sp³-hybridized carbons (Fsp3) is 0.167. The van der Waals surface area contributed by atoms with E-state index in [4.69, 9.17) is 16.7 Å². The summed E-state index contributed by atoms with van der Waals surface area (Å²) < 4.78 is 26.9. The molecule has 0 unspecified atom stereocenters. The van der Waals surface area contributed by atoms with Crippen molar-refractivity contribution in [2.24, 2.45) is 0 Å². The van der Waals surface area contributed by atoms with Crippen LogP contribution in [-0.2, 0) is 16.6 Å². The predicted octanol–water partition coefficient (Wildman–Crippen LogP) is 3.00. The van der Waals surface area contributed by atoms with Crippen molar-refractivity contribution in [1.82, 2.24) is 0 Å². The van der Waals surface area contributed by atoms with Crippen LogP contribution in [0.1, 0.15) is 9.75 Å². The zero-order chi connectivity index (χ0) is 14.0. The van der Waals surface area contributed by atoms with Gasteiger partial charge < -0.3 is 5.11 Å². The molecule has 1 aromatic carbocycles. The van der Waals surface area contributed by atoms with Gasteiger partial charge in [-0.1, -0.05) is 11.6 Å². The molecule has 0 amide bonds. The second-order valence-corrected chi connectivity index (χ2v) is 7.33. The van der Waals surface area contributed by atoms with E-state index in [0.717, 1.165) is 0 Å². The molecule has 0 spiro atoms. The molecule has 0 aliphatic rings. The van der Waals surface area contributed by atoms with E-state index in [-0.39, 0.29) is 11.5 Å². The topological polar surface area (TPSA) is 66.4 Å². The van der Waals surface area contributed by atoms with Crippen LogP contribution in [-0.4, -0.2) is 13.5 Å². The molecule has 2 rings (SSSR count). The van der Waals surface area contributed by atoms with Crippen LogP contribution in [0.5, 0.6) is 0 Å². The molecule has 0 aliphatic heterocycles. The maximum Gasteiger partial charge on any atom is 0.263 e. The summed E-state index contributed by atoms with van der Waals surface area (Å²) in [5, 5.41) is 9.58. The number of halogens is 1. The highest BCUT2D eigenvalue weighted by Crippen LogP contribution is 2.27. The average Bonchev–Trinajstić information content (AvgIpc) is 2.74. The molecule has 0 atom stereocenters. The van der Waals surface area contributed by atoms with E-state index in [1.54, 1.807) is 31.2 Å². The van der Waals surface area contributed by atoms with Crippen LogP contribution < -0.4 is 4.72 Å². The van der Waals surface area contributed by atoms with Gasteiger partial charge in [0.1, 0.15) is 4.90 Å². The zero-order valence-corrected chi connectivity index (χ0v) is 12.4. The molecule has 0 saturated carbocycles. The van der Waals surface area contributed by atoms with E-state index in [9.17, 15) is 8.42 Å². The van der Waals surface area contributed by atoms with Crippen molar-refractivity contribution in [2.75, 3.05) is 4.72 Å². The first-order chi connectivity index (χ1) is 8.92. The maximum absolute atomic E-state index is 12.2. The van der Waals surface area contributed by atoms with E-state index in [1.165, 1.54) is 17.4 Å². The van der Waals surface area contributed by atoms with Crippen molar-refractivity contribution in [1.29, 1.82) is 0 Å². The molecule has 0 radical (unpaired) electrons. The first-order valence-corrected chi connectivity index (χ1v) is 8.08. The molecule has 19 heavy (non-hydrogen) atoms. The lowest BCUT2D eigenvalue weighted by molar-refractivity contribution is 0.285. The van der Waals surface area contributed by atoms with Gasteiger partial charge in [-0.25, -0.2) is 8.42 Å². The summed E-state index contributed by atoms with van der Waals surface area (Å²) in [7, 11) is -3.64. The first kappa shape index (κ1) is 14.3. The van der Waals surface area contributed by atoms with Crippen molar-refractivity contribution in [2.45, 2.75) is 18.4 Å². The Morgan fingerprint density at radius 3 is 2.47 bits per heavy atom. The molecule has 0 aliphatic carbocycles. The van der Waals surface area contributed by atoms with Crippen LogP contribution >= 0.6 is 22.9 Å². The first-order valence-electron chi connectivity index (χ1n) is 5.41. The summed E-state index contributed by atoms with van der Waals surface area (Å²) in [6.07, 6.45) is 0. The lowest BCUT2D eigenvalue weighted by Gasteiger charge is -2.07. The van der Waals surface area contributed by atoms with Gasteiger partial charge in [-0.15, -0.1) is 11.3 Å². The monoisotopic (exact) mass is 317 g/mol. The van der Waals surface area contributed by atoms with E-state index >= 15 is 0 Å². The van der Waals surface area contributed by atoms with Crippen LogP contribution in [0.2, 0.25) is 5.02 Å². The summed E-state index contributed by atoms with van der Waals surface area (Å²) in [5.41, 5.74) is 0.445. The number of anilines is 1. The van der Waals surface area contributed by atoms with Crippen LogP contribution in [0.15, 0.2) is 35.2 Å². The Morgan fingerprint density at radius 1 is 1.32 bits per heavy atom.